The first-order valence-electron chi connectivity index (χ1n) is 7.40. The SMILES string of the molecule is CCCCCNC(=O)c1ccnc(C(=O)NC(C)(C)C)c1. The van der Waals surface area contributed by atoms with Crippen LogP contribution < -0.4 is 10.6 Å². The number of carbonyl (C=O) groups excluding carboxylic acids is 2. The first kappa shape index (κ1) is 17.1. The fraction of sp³-hybridized carbons (Fsp3) is 0.562. The molecule has 1 heterocycles. The van der Waals surface area contributed by atoms with Crippen molar-refractivity contribution in [3.8, 4) is 0 Å². The average Bonchev–Trinajstić information content (AvgIpc) is 2.41. The number of hydrogen-bond donors (Lipinski definition) is 2. The monoisotopic (exact) mass is 291 g/mol. The fourth-order valence-corrected chi connectivity index (χ4v) is 1.78. The van der Waals surface area contributed by atoms with Crippen LogP contribution in [0.1, 0.15) is 67.8 Å². The van der Waals surface area contributed by atoms with Crippen LogP contribution in [0, 0.1) is 0 Å². The Balaban J connectivity index is 2.67. The summed E-state index contributed by atoms with van der Waals surface area (Å²) in [6.45, 7) is 8.46. The Morgan fingerprint density at radius 2 is 1.90 bits per heavy atom. The molecule has 0 aliphatic heterocycles. The minimum absolute atomic E-state index is 0.168. The van der Waals surface area contributed by atoms with Gasteiger partial charge in [0.25, 0.3) is 11.8 Å². The van der Waals surface area contributed by atoms with Crippen LogP contribution in [-0.4, -0.2) is 28.9 Å². The van der Waals surface area contributed by atoms with Gasteiger partial charge in [-0.15, -0.1) is 0 Å². The Kier molecular flexibility index (Phi) is 6.34. The number of aromatic nitrogens is 1. The van der Waals surface area contributed by atoms with E-state index < -0.39 is 0 Å². The molecule has 2 amide bonds. The molecule has 5 heteroatoms. The zero-order chi connectivity index (χ0) is 15.9. The number of amides is 2. The van der Waals surface area contributed by atoms with Gasteiger partial charge >= 0.3 is 0 Å². The highest BCUT2D eigenvalue weighted by molar-refractivity contribution is 5.98. The summed E-state index contributed by atoms with van der Waals surface area (Å²) in [5.74, 6) is -0.443. The maximum Gasteiger partial charge on any atom is 0.270 e. The second kappa shape index (κ2) is 7.76. The number of unbranched alkanes of at least 4 members (excludes halogenated alkanes) is 2. The number of carbonyl (C=O) groups is 2. The van der Waals surface area contributed by atoms with Gasteiger partial charge in [0.2, 0.25) is 0 Å². The van der Waals surface area contributed by atoms with Crippen molar-refractivity contribution in [3.63, 3.8) is 0 Å². The van der Waals surface area contributed by atoms with Crippen molar-refractivity contribution in [1.82, 2.24) is 15.6 Å². The molecule has 0 aromatic carbocycles. The first-order chi connectivity index (χ1) is 9.83. The molecule has 0 bridgehead atoms. The van der Waals surface area contributed by atoms with Crippen molar-refractivity contribution in [2.75, 3.05) is 6.54 Å². The van der Waals surface area contributed by atoms with E-state index in [2.05, 4.69) is 22.5 Å². The van der Waals surface area contributed by atoms with Gasteiger partial charge in [-0.1, -0.05) is 19.8 Å². The molecule has 1 rings (SSSR count). The third-order valence-corrected chi connectivity index (χ3v) is 2.81. The van der Waals surface area contributed by atoms with Gasteiger partial charge in [-0.3, -0.25) is 14.6 Å². The van der Waals surface area contributed by atoms with Crippen LogP contribution in [0.15, 0.2) is 18.3 Å². The molecule has 21 heavy (non-hydrogen) atoms. The zero-order valence-electron chi connectivity index (χ0n) is 13.3. The van der Waals surface area contributed by atoms with E-state index in [0.29, 0.717) is 12.1 Å². The molecule has 0 atom stereocenters. The van der Waals surface area contributed by atoms with Crippen molar-refractivity contribution in [3.05, 3.63) is 29.6 Å². The molecule has 116 valence electrons. The summed E-state index contributed by atoms with van der Waals surface area (Å²) in [5, 5.41) is 5.68. The van der Waals surface area contributed by atoms with Gasteiger partial charge in [0.05, 0.1) is 0 Å². The molecule has 1 aromatic rings. The van der Waals surface area contributed by atoms with Crippen molar-refractivity contribution in [2.24, 2.45) is 0 Å². The third kappa shape index (κ3) is 6.38. The highest BCUT2D eigenvalue weighted by Gasteiger charge is 2.17. The van der Waals surface area contributed by atoms with Crippen molar-refractivity contribution < 1.29 is 9.59 Å². The predicted octanol–water partition coefficient (Wildman–Crippen LogP) is 2.53. The third-order valence-electron chi connectivity index (χ3n) is 2.81. The van der Waals surface area contributed by atoms with Gasteiger partial charge < -0.3 is 10.6 Å². The van der Waals surface area contributed by atoms with E-state index in [4.69, 9.17) is 0 Å². The summed E-state index contributed by atoms with van der Waals surface area (Å²) in [5.41, 5.74) is 0.378. The topological polar surface area (TPSA) is 71.1 Å². The van der Waals surface area contributed by atoms with Crippen LogP contribution in [0.2, 0.25) is 0 Å². The minimum atomic E-state index is -0.336. The van der Waals surface area contributed by atoms with Gasteiger partial charge in [-0.2, -0.15) is 0 Å². The number of pyridine rings is 1. The molecule has 0 fully saturated rings. The summed E-state index contributed by atoms with van der Waals surface area (Å²) in [6, 6.07) is 3.14. The Bertz CT molecular complexity index is 493. The highest BCUT2D eigenvalue weighted by Crippen LogP contribution is 2.06. The molecule has 2 N–H and O–H groups in total. The van der Waals surface area contributed by atoms with E-state index in [1.165, 1.54) is 12.3 Å². The number of rotatable bonds is 6. The Morgan fingerprint density at radius 1 is 1.19 bits per heavy atom. The van der Waals surface area contributed by atoms with Gasteiger partial charge in [0, 0.05) is 23.8 Å². The lowest BCUT2D eigenvalue weighted by Gasteiger charge is -2.20. The highest BCUT2D eigenvalue weighted by atomic mass is 16.2. The molecule has 0 saturated carbocycles. The molecule has 0 aliphatic carbocycles. The number of nitrogens with zero attached hydrogens (tertiary/aromatic N) is 1. The van der Waals surface area contributed by atoms with Gasteiger partial charge in [0.15, 0.2) is 0 Å². The van der Waals surface area contributed by atoms with E-state index in [0.717, 1.165) is 19.3 Å². The lowest BCUT2D eigenvalue weighted by molar-refractivity contribution is 0.0914. The van der Waals surface area contributed by atoms with E-state index in [1.54, 1.807) is 6.07 Å². The quantitative estimate of drug-likeness (QED) is 0.791. The molecule has 0 saturated heterocycles. The van der Waals surface area contributed by atoms with Crippen LogP contribution in [0.25, 0.3) is 0 Å². The molecule has 0 spiro atoms. The Hall–Kier alpha value is -1.91. The lowest BCUT2D eigenvalue weighted by atomic mass is 10.1. The smallest absolute Gasteiger partial charge is 0.270 e. The van der Waals surface area contributed by atoms with Crippen LogP contribution in [0.3, 0.4) is 0 Å². The first-order valence-corrected chi connectivity index (χ1v) is 7.40. The maximum absolute atomic E-state index is 12.0. The number of nitrogens with one attached hydrogen (secondary N) is 2. The molecule has 1 aromatic heterocycles. The van der Waals surface area contributed by atoms with Crippen LogP contribution in [0.4, 0.5) is 0 Å². The Morgan fingerprint density at radius 3 is 2.52 bits per heavy atom. The summed E-state index contributed by atoms with van der Waals surface area (Å²) >= 11 is 0. The van der Waals surface area contributed by atoms with E-state index >= 15 is 0 Å². The fourth-order valence-electron chi connectivity index (χ4n) is 1.78. The second-order valence-corrected chi connectivity index (χ2v) is 6.10. The maximum atomic E-state index is 12.0. The Labute approximate surface area is 126 Å². The van der Waals surface area contributed by atoms with Gasteiger partial charge in [0.1, 0.15) is 5.69 Å². The van der Waals surface area contributed by atoms with E-state index in [9.17, 15) is 9.59 Å². The zero-order valence-corrected chi connectivity index (χ0v) is 13.3. The van der Waals surface area contributed by atoms with Gasteiger partial charge in [-0.25, -0.2) is 0 Å². The summed E-state index contributed by atoms with van der Waals surface area (Å²) in [4.78, 5) is 28.0. The van der Waals surface area contributed by atoms with Crippen molar-refractivity contribution in [1.29, 1.82) is 0 Å². The van der Waals surface area contributed by atoms with Crippen molar-refractivity contribution in [2.45, 2.75) is 52.5 Å². The predicted molar refractivity (Wildman–Crippen MR) is 83.3 cm³/mol. The summed E-state index contributed by atoms with van der Waals surface area (Å²) in [6.07, 6.45) is 4.65. The molecular formula is C16H25N3O2. The molecular weight excluding hydrogens is 266 g/mol. The van der Waals surface area contributed by atoms with E-state index in [-0.39, 0.29) is 23.0 Å². The molecule has 0 radical (unpaired) electrons. The van der Waals surface area contributed by atoms with Crippen LogP contribution in [-0.2, 0) is 0 Å². The normalized spacial score (nSPS) is 11.0. The summed E-state index contributed by atoms with van der Waals surface area (Å²) in [7, 11) is 0. The van der Waals surface area contributed by atoms with Crippen LogP contribution in [0.5, 0.6) is 0 Å². The molecule has 0 unspecified atom stereocenters. The lowest BCUT2D eigenvalue weighted by Crippen LogP contribution is -2.41. The molecule has 5 nitrogen and oxygen atoms in total. The van der Waals surface area contributed by atoms with Gasteiger partial charge in [-0.05, 0) is 39.3 Å². The number of hydrogen-bond acceptors (Lipinski definition) is 3. The molecule has 0 aliphatic rings. The summed E-state index contributed by atoms with van der Waals surface area (Å²) < 4.78 is 0. The standard InChI is InChI=1S/C16H25N3O2/c1-5-6-7-9-18-14(20)12-8-10-17-13(11-12)15(21)19-16(2,3)4/h8,10-11H,5-7,9H2,1-4H3,(H,18,20)(H,19,21). The van der Waals surface area contributed by atoms with Crippen molar-refractivity contribution >= 4 is 11.8 Å². The van der Waals surface area contributed by atoms with E-state index in [1.807, 2.05) is 20.8 Å². The average molecular weight is 291 g/mol. The van der Waals surface area contributed by atoms with Crippen LogP contribution >= 0.6 is 0 Å². The largest absolute Gasteiger partial charge is 0.352 e. The minimum Gasteiger partial charge on any atom is -0.352 e. The second-order valence-electron chi connectivity index (χ2n) is 6.10.